The van der Waals surface area contributed by atoms with Crippen molar-refractivity contribution in [2.24, 2.45) is 0 Å². The topological polar surface area (TPSA) is 79.5 Å². The number of rotatable bonds is 8. The number of ether oxygens (including phenoxy) is 1. The summed E-state index contributed by atoms with van der Waals surface area (Å²) in [6, 6.07) is 14.7. The van der Waals surface area contributed by atoms with Crippen LogP contribution in [0.2, 0.25) is 0 Å². The molecule has 1 aliphatic heterocycles. The van der Waals surface area contributed by atoms with Crippen LogP contribution < -0.4 is 16.0 Å². The number of fused-ring (bicyclic) bond motifs is 1. The van der Waals surface area contributed by atoms with E-state index in [2.05, 4.69) is 74.5 Å². The molecular formula is C23H30N6O. The number of benzene rings is 2. The van der Waals surface area contributed by atoms with E-state index in [9.17, 15) is 0 Å². The van der Waals surface area contributed by atoms with Crippen molar-refractivity contribution in [3.05, 3.63) is 48.8 Å². The first-order valence-electron chi connectivity index (χ1n) is 10.7. The Kier molecular flexibility index (Phi) is 6.61. The predicted molar refractivity (Wildman–Crippen MR) is 123 cm³/mol. The van der Waals surface area contributed by atoms with E-state index in [0.717, 1.165) is 63.9 Å². The van der Waals surface area contributed by atoms with Crippen molar-refractivity contribution >= 4 is 33.8 Å². The Hall–Kier alpha value is -2.90. The fourth-order valence-electron chi connectivity index (χ4n) is 3.95. The molecule has 1 fully saturated rings. The zero-order valence-corrected chi connectivity index (χ0v) is 17.6. The SMILES string of the molecule is CCN(c1ncnc(NCCCN2CCOCC2)c1N)c1cccc2ccccc12. The molecule has 30 heavy (non-hydrogen) atoms. The Morgan fingerprint density at radius 1 is 1.10 bits per heavy atom. The van der Waals surface area contributed by atoms with Crippen molar-refractivity contribution in [2.75, 3.05) is 61.9 Å². The Balaban J connectivity index is 1.49. The second kappa shape index (κ2) is 9.73. The first kappa shape index (κ1) is 20.4. The largest absolute Gasteiger partial charge is 0.393 e. The van der Waals surface area contributed by atoms with Gasteiger partial charge in [-0.25, -0.2) is 9.97 Å². The van der Waals surface area contributed by atoms with Gasteiger partial charge in [0.2, 0.25) is 0 Å². The zero-order chi connectivity index (χ0) is 20.8. The molecule has 3 N–H and O–H groups in total. The number of hydrogen-bond acceptors (Lipinski definition) is 7. The lowest BCUT2D eigenvalue weighted by Crippen LogP contribution is -2.37. The van der Waals surface area contributed by atoms with Gasteiger partial charge < -0.3 is 20.7 Å². The number of nitrogens with zero attached hydrogens (tertiary/aromatic N) is 4. The molecule has 1 aromatic heterocycles. The van der Waals surface area contributed by atoms with Crippen LogP contribution in [0, 0.1) is 0 Å². The summed E-state index contributed by atoms with van der Waals surface area (Å²) in [4.78, 5) is 13.5. The maximum Gasteiger partial charge on any atom is 0.161 e. The highest BCUT2D eigenvalue weighted by atomic mass is 16.5. The van der Waals surface area contributed by atoms with Crippen LogP contribution in [-0.4, -0.2) is 60.8 Å². The van der Waals surface area contributed by atoms with Crippen LogP contribution in [0.5, 0.6) is 0 Å². The van der Waals surface area contributed by atoms with Gasteiger partial charge in [-0.15, -0.1) is 0 Å². The van der Waals surface area contributed by atoms with Crippen molar-refractivity contribution in [1.29, 1.82) is 0 Å². The molecule has 0 amide bonds. The summed E-state index contributed by atoms with van der Waals surface area (Å²) in [7, 11) is 0. The summed E-state index contributed by atoms with van der Waals surface area (Å²) >= 11 is 0. The average Bonchev–Trinajstić information content (AvgIpc) is 2.80. The van der Waals surface area contributed by atoms with Gasteiger partial charge in [-0.2, -0.15) is 0 Å². The Morgan fingerprint density at radius 3 is 2.73 bits per heavy atom. The van der Waals surface area contributed by atoms with Crippen LogP contribution in [0.3, 0.4) is 0 Å². The summed E-state index contributed by atoms with van der Waals surface area (Å²) in [5.74, 6) is 1.43. The van der Waals surface area contributed by atoms with Crippen molar-refractivity contribution in [3.63, 3.8) is 0 Å². The fraction of sp³-hybridized carbons (Fsp3) is 0.391. The second-order valence-corrected chi connectivity index (χ2v) is 7.44. The second-order valence-electron chi connectivity index (χ2n) is 7.44. The molecule has 7 heteroatoms. The minimum atomic E-state index is 0.582. The summed E-state index contributed by atoms with van der Waals surface area (Å²) in [6.07, 6.45) is 2.61. The van der Waals surface area contributed by atoms with E-state index in [-0.39, 0.29) is 0 Å². The van der Waals surface area contributed by atoms with E-state index < -0.39 is 0 Å². The summed E-state index contributed by atoms with van der Waals surface area (Å²) in [5.41, 5.74) is 8.19. The van der Waals surface area contributed by atoms with E-state index in [4.69, 9.17) is 10.5 Å². The van der Waals surface area contributed by atoms with Crippen molar-refractivity contribution in [3.8, 4) is 0 Å². The van der Waals surface area contributed by atoms with E-state index in [1.165, 1.54) is 10.8 Å². The molecule has 7 nitrogen and oxygen atoms in total. The molecule has 0 spiro atoms. The van der Waals surface area contributed by atoms with Gasteiger partial charge in [0.05, 0.1) is 18.9 Å². The van der Waals surface area contributed by atoms with Gasteiger partial charge in [0.15, 0.2) is 11.6 Å². The molecule has 0 aliphatic carbocycles. The lowest BCUT2D eigenvalue weighted by Gasteiger charge is -2.27. The van der Waals surface area contributed by atoms with Gasteiger partial charge in [-0.1, -0.05) is 36.4 Å². The van der Waals surface area contributed by atoms with E-state index in [0.29, 0.717) is 11.5 Å². The van der Waals surface area contributed by atoms with E-state index in [1.807, 2.05) is 0 Å². The van der Waals surface area contributed by atoms with Crippen LogP contribution in [0.4, 0.5) is 23.0 Å². The standard InChI is InChI=1S/C23H30N6O/c1-2-29(20-10-5-8-18-7-3-4-9-19(18)20)23-21(24)22(26-17-27-23)25-11-6-12-28-13-15-30-16-14-28/h3-5,7-10,17H,2,6,11-16,24H2,1H3,(H,25,26,27). The molecule has 0 bridgehead atoms. The minimum Gasteiger partial charge on any atom is -0.393 e. The van der Waals surface area contributed by atoms with Crippen LogP contribution in [0.1, 0.15) is 13.3 Å². The average molecular weight is 407 g/mol. The number of anilines is 4. The zero-order valence-electron chi connectivity index (χ0n) is 17.6. The monoisotopic (exact) mass is 406 g/mol. The Bertz CT molecular complexity index is 968. The van der Waals surface area contributed by atoms with Gasteiger partial charge in [0.1, 0.15) is 12.0 Å². The molecule has 0 atom stereocenters. The highest BCUT2D eigenvalue weighted by Crippen LogP contribution is 2.35. The third kappa shape index (κ3) is 4.47. The quantitative estimate of drug-likeness (QED) is 0.554. The van der Waals surface area contributed by atoms with Crippen molar-refractivity contribution in [2.45, 2.75) is 13.3 Å². The van der Waals surface area contributed by atoms with Gasteiger partial charge in [0, 0.05) is 31.6 Å². The van der Waals surface area contributed by atoms with Crippen molar-refractivity contribution in [1.82, 2.24) is 14.9 Å². The first-order valence-corrected chi connectivity index (χ1v) is 10.7. The highest BCUT2D eigenvalue weighted by molar-refractivity contribution is 5.97. The van der Waals surface area contributed by atoms with Gasteiger partial charge in [0.25, 0.3) is 0 Å². The maximum absolute atomic E-state index is 6.51. The predicted octanol–water partition coefficient (Wildman–Crippen LogP) is 3.50. The number of morpholine rings is 1. The highest BCUT2D eigenvalue weighted by Gasteiger charge is 2.17. The number of aromatic nitrogens is 2. The van der Waals surface area contributed by atoms with Crippen LogP contribution in [-0.2, 0) is 4.74 Å². The molecule has 2 aromatic carbocycles. The molecule has 1 saturated heterocycles. The molecule has 2 heterocycles. The fourth-order valence-corrected chi connectivity index (χ4v) is 3.95. The lowest BCUT2D eigenvalue weighted by molar-refractivity contribution is 0.0378. The van der Waals surface area contributed by atoms with Crippen molar-refractivity contribution < 1.29 is 4.74 Å². The first-order chi connectivity index (χ1) is 14.8. The Labute approximate surface area is 177 Å². The summed E-state index contributed by atoms with van der Waals surface area (Å²) in [6.45, 7) is 8.41. The third-order valence-corrected chi connectivity index (χ3v) is 5.54. The van der Waals surface area contributed by atoms with Gasteiger partial charge in [-0.05, 0) is 31.3 Å². The van der Waals surface area contributed by atoms with E-state index >= 15 is 0 Å². The molecule has 1 aliphatic rings. The number of nitrogen functional groups attached to an aromatic ring is 1. The Morgan fingerprint density at radius 2 is 1.90 bits per heavy atom. The normalized spacial score (nSPS) is 14.7. The molecule has 158 valence electrons. The lowest BCUT2D eigenvalue weighted by atomic mass is 10.1. The molecule has 0 unspecified atom stereocenters. The number of nitrogens with two attached hydrogens (primary N) is 1. The number of hydrogen-bond donors (Lipinski definition) is 2. The van der Waals surface area contributed by atoms with Crippen LogP contribution in [0.15, 0.2) is 48.8 Å². The minimum absolute atomic E-state index is 0.582. The molecule has 3 aromatic rings. The van der Waals surface area contributed by atoms with Crippen LogP contribution in [0.25, 0.3) is 10.8 Å². The smallest absolute Gasteiger partial charge is 0.161 e. The molecule has 4 rings (SSSR count). The maximum atomic E-state index is 6.51. The molecule has 0 radical (unpaired) electrons. The molecular weight excluding hydrogens is 376 g/mol. The molecule has 0 saturated carbocycles. The van der Waals surface area contributed by atoms with Gasteiger partial charge in [-0.3, -0.25) is 4.90 Å². The van der Waals surface area contributed by atoms with Crippen LogP contribution >= 0.6 is 0 Å². The summed E-state index contributed by atoms with van der Waals surface area (Å²) < 4.78 is 5.41. The number of nitrogens with one attached hydrogen (secondary N) is 1. The van der Waals surface area contributed by atoms with E-state index in [1.54, 1.807) is 6.33 Å². The summed E-state index contributed by atoms with van der Waals surface area (Å²) in [5, 5.41) is 5.78. The van der Waals surface area contributed by atoms with Gasteiger partial charge >= 0.3 is 0 Å². The third-order valence-electron chi connectivity index (χ3n) is 5.54.